The van der Waals surface area contributed by atoms with Gasteiger partial charge in [0, 0.05) is 6.54 Å². The SMILES string of the molecule is O=C(O)c1ccc2c(=O)n3c(nc2c1)C(=Cc1ccc(C(F)(F)F)cc1)CC3. The summed E-state index contributed by atoms with van der Waals surface area (Å²) in [6.07, 6.45) is -2.20. The van der Waals surface area contributed by atoms with Crippen molar-refractivity contribution in [3.63, 3.8) is 0 Å². The molecule has 0 unspecified atom stereocenters. The second kappa shape index (κ2) is 6.33. The summed E-state index contributed by atoms with van der Waals surface area (Å²) in [5, 5.41) is 9.45. The van der Waals surface area contributed by atoms with Crippen molar-refractivity contribution >= 4 is 28.5 Å². The van der Waals surface area contributed by atoms with E-state index in [1.54, 1.807) is 6.08 Å². The molecule has 142 valence electrons. The minimum atomic E-state index is -4.40. The van der Waals surface area contributed by atoms with Gasteiger partial charge in [-0.3, -0.25) is 9.36 Å². The van der Waals surface area contributed by atoms with Gasteiger partial charge >= 0.3 is 12.1 Å². The summed E-state index contributed by atoms with van der Waals surface area (Å²) in [5.74, 6) is -0.718. The number of fused-ring (bicyclic) bond motifs is 2. The van der Waals surface area contributed by atoms with Gasteiger partial charge in [0.25, 0.3) is 5.56 Å². The van der Waals surface area contributed by atoms with Crippen molar-refractivity contribution in [2.24, 2.45) is 0 Å². The van der Waals surface area contributed by atoms with Gasteiger partial charge in [-0.15, -0.1) is 0 Å². The van der Waals surface area contributed by atoms with Gasteiger partial charge in [-0.25, -0.2) is 9.78 Å². The van der Waals surface area contributed by atoms with Crippen LogP contribution >= 0.6 is 0 Å². The van der Waals surface area contributed by atoms with E-state index in [1.807, 2.05) is 0 Å². The van der Waals surface area contributed by atoms with Crippen LogP contribution in [0.1, 0.15) is 33.7 Å². The van der Waals surface area contributed by atoms with E-state index in [2.05, 4.69) is 4.98 Å². The smallest absolute Gasteiger partial charge is 0.416 e. The number of rotatable bonds is 2. The van der Waals surface area contributed by atoms with Crippen molar-refractivity contribution in [3.05, 3.63) is 75.3 Å². The van der Waals surface area contributed by atoms with Crippen LogP contribution < -0.4 is 5.56 Å². The number of allylic oxidation sites excluding steroid dienone is 1. The summed E-state index contributed by atoms with van der Waals surface area (Å²) in [6, 6.07) is 8.87. The van der Waals surface area contributed by atoms with Crippen molar-refractivity contribution in [1.29, 1.82) is 0 Å². The molecular weight excluding hydrogens is 373 g/mol. The van der Waals surface area contributed by atoms with Crippen molar-refractivity contribution < 1.29 is 23.1 Å². The number of hydrogen-bond donors (Lipinski definition) is 1. The molecular formula is C20H13F3N2O3. The predicted octanol–water partition coefficient (Wildman–Crippen LogP) is 4.06. The maximum atomic E-state index is 12.7. The number of alkyl halides is 3. The van der Waals surface area contributed by atoms with Gasteiger partial charge in [-0.2, -0.15) is 13.2 Å². The molecule has 0 bridgehead atoms. The number of halogens is 3. The molecule has 2 heterocycles. The number of aromatic nitrogens is 2. The molecule has 8 heteroatoms. The lowest BCUT2D eigenvalue weighted by Crippen LogP contribution is -2.21. The van der Waals surface area contributed by atoms with Crippen LogP contribution in [0.2, 0.25) is 0 Å². The highest BCUT2D eigenvalue weighted by Crippen LogP contribution is 2.31. The number of hydrogen-bond acceptors (Lipinski definition) is 3. The molecule has 0 radical (unpaired) electrons. The van der Waals surface area contributed by atoms with Crippen LogP contribution in [-0.4, -0.2) is 20.6 Å². The number of carboxylic acids is 1. The monoisotopic (exact) mass is 386 g/mol. The van der Waals surface area contributed by atoms with Gasteiger partial charge in [0.2, 0.25) is 0 Å². The molecule has 1 aromatic heterocycles. The van der Waals surface area contributed by atoms with Gasteiger partial charge in [-0.1, -0.05) is 12.1 Å². The second-order valence-electron chi connectivity index (χ2n) is 6.47. The van der Waals surface area contributed by atoms with E-state index in [1.165, 1.54) is 34.9 Å². The van der Waals surface area contributed by atoms with Gasteiger partial charge < -0.3 is 5.11 Å². The van der Waals surface area contributed by atoms with Crippen LogP contribution in [0.4, 0.5) is 13.2 Å². The van der Waals surface area contributed by atoms with Gasteiger partial charge in [0.05, 0.1) is 22.0 Å². The van der Waals surface area contributed by atoms with Crippen LogP contribution in [0.25, 0.3) is 22.6 Å². The number of carboxylic acid groups (broad SMARTS) is 1. The summed E-state index contributed by atoms with van der Waals surface area (Å²) in [4.78, 5) is 28.3. The number of nitrogens with zero attached hydrogens (tertiary/aromatic N) is 2. The third-order valence-corrected chi connectivity index (χ3v) is 4.67. The minimum Gasteiger partial charge on any atom is -0.478 e. The zero-order chi connectivity index (χ0) is 20.1. The molecule has 0 amide bonds. The maximum absolute atomic E-state index is 12.7. The molecule has 0 spiro atoms. The zero-order valence-electron chi connectivity index (χ0n) is 14.3. The van der Waals surface area contributed by atoms with E-state index in [4.69, 9.17) is 5.11 Å². The first-order chi connectivity index (χ1) is 13.2. The quantitative estimate of drug-likeness (QED) is 0.721. The highest BCUT2D eigenvalue weighted by Gasteiger charge is 2.30. The van der Waals surface area contributed by atoms with Gasteiger partial charge in [-0.05, 0) is 54.0 Å². The first kappa shape index (κ1) is 18.0. The van der Waals surface area contributed by atoms with Gasteiger partial charge in [0.1, 0.15) is 5.82 Å². The fraction of sp³-hybridized carbons (Fsp3) is 0.150. The normalized spacial score (nSPS) is 15.2. The van der Waals surface area contributed by atoms with E-state index >= 15 is 0 Å². The Balaban J connectivity index is 1.79. The Morgan fingerprint density at radius 2 is 1.86 bits per heavy atom. The number of benzene rings is 2. The molecule has 0 fully saturated rings. The molecule has 0 aliphatic carbocycles. The summed E-state index contributed by atoms with van der Waals surface area (Å²) in [7, 11) is 0. The molecule has 28 heavy (non-hydrogen) atoms. The van der Waals surface area contributed by atoms with E-state index < -0.39 is 17.7 Å². The van der Waals surface area contributed by atoms with Crippen molar-refractivity contribution in [2.75, 3.05) is 0 Å². The summed E-state index contributed by atoms with van der Waals surface area (Å²) in [6.45, 7) is 0.407. The maximum Gasteiger partial charge on any atom is 0.416 e. The van der Waals surface area contributed by atoms with Crippen LogP contribution in [0, 0.1) is 0 Å². The van der Waals surface area contributed by atoms with E-state index in [0.717, 1.165) is 12.1 Å². The van der Waals surface area contributed by atoms with Crippen molar-refractivity contribution in [3.8, 4) is 0 Å². The Kier molecular flexibility index (Phi) is 4.06. The second-order valence-corrected chi connectivity index (χ2v) is 6.47. The van der Waals surface area contributed by atoms with Crippen molar-refractivity contribution in [1.82, 2.24) is 9.55 Å². The fourth-order valence-electron chi connectivity index (χ4n) is 3.26. The molecule has 3 aromatic rings. The summed E-state index contributed by atoms with van der Waals surface area (Å²) in [5.41, 5.74) is 0.562. The fourth-order valence-corrected chi connectivity index (χ4v) is 3.26. The molecule has 2 aromatic carbocycles. The Morgan fingerprint density at radius 1 is 1.14 bits per heavy atom. The molecule has 1 aliphatic heterocycles. The third-order valence-electron chi connectivity index (χ3n) is 4.67. The van der Waals surface area contributed by atoms with E-state index in [9.17, 15) is 22.8 Å². The highest BCUT2D eigenvalue weighted by molar-refractivity contribution is 5.93. The van der Waals surface area contributed by atoms with E-state index in [-0.39, 0.29) is 16.6 Å². The molecule has 0 saturated carbocycles. The Bertz CT molecular complexity index is 1190. The Labute approximate surface area is 156 Å². The Morgan fingerprint density at radius 3 is 2.50 bits per heavy atom. The van der Waals surface area contributed by atoms with Crippen LogP contribution in [-0.2, 0) is 12.7 Å². The largest absolute Gasteiger partial charge is 0.478 e. The molecule has 4 rings (SSSR count). The van der Waals surface area contributed by atoms with Crippen LogP contribution in [0.5, 0.6) is 0 Å². The molecule has 0 atom stereocenters. The minimum absolute atomic E-state index is 0.0237. The van der Waals surface area contributed by atoms with Crippen LogP contribution in [0.3, 0.4) is 0 Å². The van der Waals surface area contributed by atoms with Crippen LogP contribution in [0.15, 0.2) is 47.3 Å². The molecule has 0 saturated heterocycles. The lowest BCUT2D eigenvalue weighted by Gasteiger charge is -2.07. The number of carbonyl (C=O) groups is 1. The molecule has 1 N–H and O–H groups in total. The first-order valence-electron chi connectivity index (χ1n) is 8.40. The highest BCUT2D eigenvalue weighted by atomic mass is 19.4. The summed E-state index contributed by atoms with van der Waals surface area (Å²) < 4.78 is 39.6. The molecule has 5 nitrogen and oxygen atoms in total. The van der Waals surface area contributed by atoms with Gasteiger partial charge in [0.15, 0.2) is 0 Å². The Hall–Kier alpha value is -3.42. The lowest BCUT2D eigenvalue weighted by molar-refractivity contribution is -0.137. The average Bonchev–Trinajstić information content (AvgIpc) is 3.04. The zero-order valence-corrected chi connectivity index (χ0v) is 14.3. The standard InChI is InChI=1S/C20H13F3N2O3/c21-20(22,23)14-4-1-11(2-5-14)9-12-7-8-25-17(12)24-16-10-13(19(27)28)3-6-15(16)18(25)26/h1-6,9-10H,7-8H2,(H,27,28). The lowest BCUT2D eigenvalue weighted by atomic mass is 10.1. The predicted molar refractivity (Wildman–Crippen MR) is 96.9 cm³/mol. The third kappa shape index (κ3) is 3.06. The topological polar surface area (TPSA) is 72.2 Å². The van der Waals surface area contributed by atoms with E-state index in [0.29, 0.717) is 35.3 Å². The molecule has 1 aliphatic rings. The number of aromatic carboxylic acids is 1. The average molecular weight is 386 g/mol. The van der Waals surface area contributed by atoms with Crippen molar-refractivity contribution in [2.45, 2.75) is 19.1 Å². The summed E-state index contributed by atoms with van der Waals surface area (Å²) >= 11 is 0. The first-order valence-corrected chi connectivity index (χ1v) is 8.40.